The third-order valence-electron chi connectivity index (χ3n) is 4.39. The summed E-state index contributed by atoms with van der Waals surface area (Å²) in [6, 6.07) is 0. The van der Waals surface area contributed by atoms with Crippen LogP contribution in [0.1, 0.15) is 66.7 Å². The van der Waals surface area contributed by atoms with E-state index in [9.17, 15) is 8.78 Å². The van der Waals surface area contributed by atoms with Gasteiger partial charge in [0, 0.05) is 6.42 Å². The van der Waals surface area contributed by atoms with Gasteiger partial charge in [-0.1, -0.05) is 52.3 Å². The Hall–Kier alpha value is -0.660. The van der Waals surface area contributed by atoms with Gasteiger partial charge < -0.3 is 0 Å². The largest absolute Gasteiger partial charge is 0.245 e. The lowest BCUT2D eigenvalue weighted by Crippen LogP contribution is -2.22. The lowest BCUT2D eigenvalue weighted by molar-refractivity contribution is 0.00532. The van der Waals surface area contributed by atoms with E-state index in [-0.39, 0.29) is 12.3 Å². The topological polar surface area (TPSA) is 0 Å². The monoisotopic (exact) mass is 286 g/mol. The van der Waals surface area contributed by atoms with Gasteiger partial charge in [0.05, 0.1) is 0 Å². The molecule has 0 aliphatic heterocycles. The summed E-state index contributed by atoms with van der Waals surface area (Å²) in [5.41, 5.74) is 1.89. The number of hydrogen-bond acceptors (Lipinski definition) is 0. The molecule has 0 aromatic heterocycles. The molecule has 3 unspecified atom stereocenters. The molecule has 0 nitrogen and oxygen atoms in total. The second kappa shape index (κ2) is 8.59. The Labute approximate surface area is 124 Å². The summed E-state index contributed by atoms with van der Waals surface area (Å²) in [6.07, 6.45) is 3.66. The highest BCUT2D eigenvalue weighted by atomic mass is 19.3. The molecule has 20 heavy (non-hydrogen) atoms. The summed E-state index contributed by atoms with van der Waals surface area (Å²) in [7, 11) is 0. The molecule has 0 radical (unpaired) electrons. The number of allylic oxidation sites excluding steroid dienone is 2. The van der Waals surface area contributed by atoms with Crippen molar-refractivity contribution in [3.63, 3.8) is 0 Å². The quantitative estimate of drug-likeness (QED) is 0.395. The fraction of sp³-hybridized carbons (Fsp3) is 0.778. The summed E-state index contributed by atoms with van der Waals surface area (Å²) < 4.78 is 26.4. The van der Waals surface area contributed by atoms with E-state index in [0.717, 1.165) is 37.3 Å². The molecule has 0 aromatic rings. The first-order valence-corrected chi connectivity index (χ1v) is 7.84. The average molecular weight is 286 g/mol. The highest BCUT2D eigenvalue weighted by Gasteiger charge is 2.29. The maximum Gasteiger partial charge on any atom is 0.245 e. The molecule has 0 fully saturated rings. The van der Waals surface area contributed by atoms with Crippen LogP contribution in [0.3, 0.4) is 0 Å². The predicted octanol–water partition coefficient (Wildman–Crippen LogP) is 6.63. The smallest absolute Gasteiger partial charge is 0.207 e. The fourth-order valence-corrected chi connectivity index (χ4v) is 2.72. The lowest BCUT2D eigenvalue weighted by Gasteiger charge is -2.31. The van der Waals surface area contributed by atoms with Gasteiger partial charge in [-0.05, 0) is 50.0 Å². The Kier molecular flexibility index (Phi) is 8.30. The van der Waals surface area contributed by atoms with Crippen molar-refractivity contribution in [3.05, 3.63) is 24.3 Å². The van der Waals surface area contributed by atoms with Gasteiger partial charge in [-0.2, -0.15) is 0 Å². The Bertz CT molecular complexity index is 312. The number of rotatable bonds is 10. The third kappa shape index (κ3) is 7.21. The standard InChI is InChI=1S/C18H32F2/c1-8-14(5)12-16(9-2)17(15(6)13(3)4)10-11-18(7,19)20/h14,16-17H,3,6,8-12H2,1-2,4-5,7H3. The Morgan fingerprint density at radius 3 is 2.05 bits per heavy atom. The Balaban J connectivity index is 4.96. The van der Waals surface area contributed by atoms with Gasteiger partial charge in [0.15, 0.2) is 0 Å². The van der Waals surface area contributed by atoms with Crippen LogP contribution in [0.5, 0.6) is 0 Å². The van der Waals surface area contributed by atoms with Gasteiger partial charge in [0.25, 0.3) is 0 Å². The van der Waals surface area contributed by atoms with Crippen molar-refractivity contribution < 1.29 is 8.78 Å². The van der Waals surface area contributed by atoms with Gasteiger partial charge >= 0.3 is 0 Å². The van der Waals surface area contributed by atoms with Crippen LogP contribution in [0.15, 0.2) is 24.3 Å². The van der Waals surface area contributed by atoms with Crippen molar-refractivity contribution in [1.29, 1.82) is 0 Å². The minimum atomic E-state index is -2.59. The van der Waals surface area contributed by atoms with Crippen LogP contribution in [0.4, 0.5) is 8.78 Å². The van der Waals surface area contributed by atoms with Crippen molar-refractivity contribution in [2.24, 2.45) is 17.8 Å². The van der Waals surface area contributed by atoms with Crippen molar-refractivity contribution in [3.8, 4) is 0 Å². The molecule has 0 heterocycles. The van der Waals surface area contributed by atoms with Crippen LogP contribution in [-0.4, -0.2) is 5.92 Å². The number of alkyl halides is 2. The minimum Gasteiger partial charge on any atom is -0.207 e. The molecule has 2 heteroatoms. The second-order valence-electron chi connectivity index (χ2n) is 6.44. The first-order valence-electron chi connectivity index (χ1n) is 7.84. The van der Waals surface area contributed by atoms with Crippen LogP contribution in [0.25, 0.3) is 0 Å². The first kappa shape index (κ1) is 19.3. The number of halogens is 2. The first-order chi connectivity index (χ1) is 9.12. The third-order valence-corrected chi connectivity index (χ3v) is 4.39. The average Bonchev–Trinajstić information content (AvgIpc) is 2.35. The van der Waals surface area contributed by atoms with E-state index in [2.05, 4.69) is 33.9 Å². The van der Waals surface area contributed by atoms with E-state index in [0.29, 0.717) is 18.3 Å². The minimum absolute atomic E-state index is 0.0685. The fourth-order valence-electron chi connectivity index (χ4n) is 2.72. The summed E-state index contributed by atoms with van der Waals surface area (Å²) in [6.45, 7) is 17.6. The molecule has 0 amide bonds. The molecule has 0 aromatic carbocycles. The van der Waals surface area contributed by atoms with E-state index < -0.39 is 5.92 Å². The maximum absolute atomic E-state index is 13.2. The van der Waals surface area contributed by atoms with Crippen molar-refractivity contribution in [2.75, 3.05) is 0 Å². The molecule has 0 saturated carbocycles. The van der Waals surface area contributed by atoms with E-state index in [1.807, 2.05) is 6.92 Å². The molecule has 0 rings (SSSR count). The Morgan fingerprint density at radius 2 is 1.70 bits per heavy atom. The van der Waals surface area contributed by atoms with Crippen LogP contribution in [0, 0.1) is 17.8 Å². The molecule has 0 spiro atoms. The van der Waals surface area contributed by atoms with E-state index >= 15 is 0 Å². The molecular formula is C18H32F2. The van der Waals surface area contributed by atoms with Crippen LogP contribution in [0.2, 0.25) is 0 Å². The highest BCUT2D eigenvalue weighted by Crippen LogP contribution is 2.37. The molecule has 3 atom stereocenters. The summed E-state index contributed by atoms with van der Waals surface area (Å²) in [5, 5.41) is 0. The molecular weight excluding hydrogens is 254 g/mol. The summed E-state index contributed by atoms with van der Waals surface area (Å²) in [4.78, 5) is 0. The zero-order valence-corrected chi connectivity index (χ0v) is 13.9. The van der Waals surface area contributed by atoms with Crippen molar-refractivity contribution in [2.45, 2.75) is 72.6 Å². The number of hydrogen-bond donors (Lipinski definition) is 0. The molecule has 0 N–H and O–H groups in total. The van der Waals surface area contributed by atoms with Crippen molar-refractivity contribution >= 4 is 0 Å². The van der Waals surface area contributed by atoms with E-state index in [4.69, 9.17) is 0 Å². The van der Waals surface area contributed by atoms with Crippen LogP contribution >= 0.6 is 0 Å². The SMILES string of the molecule is C=C(C)C(=C)C(CCC(C)(F)F)C(CC)CC(C)CC. The van der Waals surface area contributed by atoms with Crippen molar-refractivity contribution in [1.82, 2.24) is 0 Å². The molecule has 0 saturated heterocycles. The highest BCUT2D eigenvalue weighted by molar-refractivity contribution is 5.26. The summed E-state index contributed by atoms with van der Waals surface area (Å²) in [5.74, 6) is -1.40. The zero-order valence-electron chi connectivity index (χ0n) is 13.9. The summed E-state index contributed by atoms with van der Waals surface area (Å²) >= 11 is 0. The zero-order chi connectivity index (χ0) is 15.9. The predicted molar refractivity (Wildman–Crippen MR) is 85.2 cm³/mol. The van der Waals surface area contributed by atoms with Gasteiger partial charge in [-0.25, -0.2) is 8.78 Å². The lowest BCUT2D eigenvalue weighted by atomic mass is 9.75. The molecule has 118 valence electrons. The van der Waals surface area contributed by atoms with Crippen LogP contribution in [-0.2, 0) is 0 Å². The van der Waals surface area contributed by atoms with Crippen LogP contribution < -0.4 is 0 Å². The normalized spacial score (nSPS) is 16.6. The maximum atomic E-state index is 13.2. The Morgan fingerprint density at radius 1 is 1.15 bits per heavy atom. The molecule has 0 bridgehead atoms. The van der Waals surface area contributed by atoms with E-state index in [1.54, 1.807) is 0 Å². The molecule has 0 aliphatic rings. The van der Waals surface area contributed by atoms with Gasteiger partial charge in [0.2, 0.25) is 5.92 Å². The molecule has 0 aliphatic carbocycles. The van der Waals surface area contributed by atoms with E-state index in [1.165, 1.54) is 0 Å². The second-order valence-corrected chi connectivity index (χ2v) is 6.44. The van der Waals surface area contributed by atoms with Gasteiger partial charge in [-0.3, -0.25) is 0 Å². The van der Waals surface area contributed by atoms with Gasteiger partial charge in [0.1, 0.15) is 0 Å². The van der Waals surface area contributed by atoms with Gasteiger partial charge in [-0.15, -0.1) is 0 Å².